The van der Waals surface area contributed by atoms with Crippen LogP contribution in [0.4, 0.5) is 24.5 Å². The molecule has 1 aliphatic rings. The van der Waals surface area contributed by atoms with Gasteiger partial charge in [-0.2, -0.15) is 13.2 Å². The molecule has 0 unspecified atom stereocenters. The van der Waals surface area contributed by atoms with Gasteiger partial charge in [0, 0.05) is 61.1 Å². The minimum atomic E-state index is -4.58. The molecule has 2 aromatic carbocycles. The van der Waals surface area contributed by atoms with Crippen LogP contribution in [0.15, 0.2) is 61.3 Å². The molecule has 0 radical (unpaired) electrons. The fourth-order valence-electron chi connectivity index (χ4n) is 4.24. The van der Waals surface area contributed by atoms with Crippen molar-refractivity contribution < 1.29 is 18.0 Å². The smallest absolute Gasteiger partial charge is 0.369 e. The molecule has 4 aromatic rings. The average Bonchev–Trinajstić information content (AvgIpc) is 3.40. The number of hydrogen-bond acceptors (Lipinski definition) is 7. The summed E-state index contributed by atoms with van der Waals surface area (Å²) in [6.45, 7) is 4.49. The molecule has 0 atom stereocenters. The first-order valence-corrected chi connectivity index (χ1v) is 11.9. The van der Waals surface area contributed by atoms with E-state index < -0.39 is 17.6 Å². The van der Waals surface area contributed by atoms with E-state index in [-0.39, 0.29) is 5.56 Å². The van der Waals surface area contributed by atoms with Crippen molar-refractivity contribution in [3.05, 3.63) is 78.0 Å². The summed E-state index contributed by atoms with van der Waals surface area (Å²) in [6, 6.07) is 8.68. The number of nitrogens with one attached hydrogen (secondary N) is 1. The standard InChI is InChI=1S/C26H25F3N8O/c1-17-3-4-21(12-24(17)37-15-23(33-34-37)19-13-30-16-31-14-19)32-25(38)18-9-20(26(27,28)29)11-22(10-18)36-7-5-35(2)6-8-36/h3-4,9-16H,5-8H2,1-2H3,(H,32,38). The molecule has 9 nitrogen and oxygen atoms in total. The second kappa shape index (κ2) is 10.2. The first kappa shape index (κ1) is 25.3. The molecule has 38 heavy (non-hydrogen) atoms. The molecular weight excluding hydrogens is 497 g/mol. The van der Waals surface area contributed by atoms with E-state index >= 15 is 0 Å². The normalized spacial score (nSPS) is 14.5. The van der Waals surface area contributed by atoms with Gasteiger partial charge in [0.2, 0.25) is 0 Å². The molecule has 1 aliphatic heterocycles. The van der Waals surface area contributed by atoms with Crippen molar-refractivity contribution >= 4 is 17.3 Å². The molecular formula is C26H25F3N8O. The second-order valence-corrected chi connectivity index (χ2v) is 9.19. The number of aromatic nitrogens is 5. The third-order valence-corrected chi connectivity index (χ3v) is 6.44. The summed E-state index contributed by atoms with van der Waals surface area (Å²) in [7, 11) is 1.97. The number of piperazine rings is 1. The Kier molecular flexibility index (Phi) is 6.81. The van der Waals surface area contributed by atoms with Crippen LogP contribution in [0.3, 0.4) is 0 Å². The van der Waals surface area contributed by atoms with Crippen LogP contribution < -0.4 is 10.2 Å². The first-order valence-electron chi connectivity index (χ1n) is 11.9. The van der Waals surface area contributed by atoms with E-state index in [1.54, 1.807) is 41.5 Å². The van der Waals surface area contributed by atoms with Crippen molar-refractivity contribution in [1.29, 1.82) is 0 Å². The van der Waals surface area contributed by atoms with Crippen molar-refractivity contribution in [3.63, 3.8) is 0 Å². The Balaban J connectivity index is 1.41. The summed E-state index contributed by atoms with van der Waals surface area (Å²) in [4.78, 5) is 25.1. The zero-order valence-electron chi connectivity index (χ0n) is 20.8. The van der Waals surface area contributed by atoms with Gasteiger partial charge in [-0.3, -0.25) is 4.79 Å². The van der Waals surface area contributed by atoms with Crippen LogP contribution in [0.5, 0.6) is 0 Å². The number of likely N-dealkylation sites (N-methyl/N-ethyl adjacent to an activating group) is 1. The fourth-order valence-corrected chi connectivity index (χ4v) is 4.24. The number of aryl methyl sites for hydroxylation is 1. The molecule has 12 heteroatoms. The number of hydrogen-bond donors (Lipinski definition) is 1. The van der Waals surface area contributed by atoms with Gasteiger partial charge in [0.05, 0.1) is 17.4 Å². The van der Waals surface area contributed by atoms with Gasteiger partial charge in [-0.05, 0) is 49.9 Å². The lowest BCUT2D eigenvalue weighted by molar-refractivity contribution is -0.137. The molecule has 5 rings (SSSR count). The molecule has 2 aromatic heterocycles. The minimum Gasteiger partial charge on any atom is -0.369 e. The second-order valence-electron chi connectivity index (χ2n) is 9.19. The van der Waals surface area contributed by atoms with Gasteiger partial charge in [0.1, 0.15) is 12.0 Å². The Labute approximate surface area is 216 Å². The Morgan fingerprint density at radius 1 is 1.00 bits per heavy atom. The fraction of sp³-hybridized carbons (Fsp3) is 0.269. The average molecular weight is 523 g/mol. The zero-order valence-corrected chi connectivity index (χ0v) is 20.8. The molecule has 0 bridgehead atoms. The van der Waals surface area contributed by atoms with Crippen molar-refractivity contribution in [2.24, 2.45) is 0 Å². The van der Waals surface area contributed by atoms with E-state index in [1.165, 1.54) is 12.4 Å². The molecule has 1 N–H and O–H groups in total. The summed E-state index contributed by atoms with van der Waals surface area (Å²) in [5.74, 6) is -0.637. The van der Waals surface area contributed by atoms with Gasteiger partial charge in [-0.25, -0.2) is 14.6 Å². The summed E-state index contributed by atoms with van der Waals surface area (Å²) >= 11 is 0. The SMILES string of the molecule is Cc1ccc(NC(=O)c2cc(N3CCN(C)CC3)cc(C(F)(F)F)c2)cc1-n1cc(-c2cncnc2)nn1. The summed E-state index contributed by atoms with van der Waals surface area (Å²) < 4.78 is 42.6. The first-order chi connectivity index (χ1) is 18.2. The van der Waals surface area contributed by atoms with Gasteiger partial charge in [-0.15, -0.1) is 5.10 Å². The van der Waals surface area contributed by atoms with E-state index in [0.29, 0.717) is 41.4 Å². The number of amides is 1. The number of halogens is 3. The number of nitrogens with zero attached hydrogens (tertiary/aromatic N) is 7. The van der Waals surface area contributed by atoms with E-state index in [1.807, 2.05) is 18.9 Å². The number of rotatable bonds is 5. The molecule has 1 amide bonds. The van der Waals surface area contributed by atoms with E-state index in [9.17, 15) is 18.0 Å². The predicted molar refractivity (Wildman–Crippen MR) is 136 cm³/mol. The Hall–Kier alpha value is -4.32. The maximum absolute atomic E-state index is 13.7. The lowest BCUT2D eigenvalue weighted by atomic mass is 10.1. The highest BCUT2D eigenvalue weighted by Gasteiger charge is 2.32. The monoisotopic (exact) mass is 522 g/mol. The number of benzene rings is 2. The van der Waals surface area contributed by atoms with E-state index in [2.05, 4.69) is 30.5 Å². The highest BCUT2D eigenvalue weighted by atomic mass is 19.4. The summed E-state index contributed by atoms with van der Waals surface area (Å²) in [6.07, 6.45) is 1.79. The van der Waals surface area contributed by atoms with Crippen LogP contribution in [0, 0.1) is 6.92 Å². The maximum Gasteiger partial charge on any atom is 0.416 e. The molecule has 0 aliphatic carbocycles. The largest absolute Gasteiger partial charge is 0.416 e. The van der Waals surface area contributed by atoms with Gasteiger partial charge >= 0.3 is 6.18 Å². The van der Waals surface area contributed by atoms with Crippen LogP contribution in [0.25, 0.3) is 16.9 Å². The number of carbonyl (C=O) groups excluding carboxylic acids is 1. The van der Waals surface area contributed by atoms with Crippen molar-refractivity contribution in [2.75, 3.05) is 43.4 Å². The molecule has 3 heterocycles. The Bertz CT molecular complexity index is 1450. The molecule has 196 valence electrons. The van der Waals surface area contributed by atoms with Crippen molar-refractivity contribution in [1.82, 2.24) is 29.9 Å². The van der Waals surface area contributed by atoms with Crippen LogP contribution in [-0.2, 0) is 6.18 Å². The Morgan fingerprint density at radius 3 is 2.45 bits per heavy atom. The third-order valence-electron chi connectivity index (χ3n) is 6.44. The summed E-state index contributed by atoms with van der Waals surface area (Å²) in [5, 5.41) is 11.1. The van der Waals surface area contributed by atoms with Crippen molar-refractivity contribution in [2.45, 2.75) is 13.1 Å². The van der Waals surface area contributed by atoms with Crippen LogP contribution >= 0.6 is 0 Å². The maximum atomic E-state index is 13.7. The predicted octanol–water partition coefficient (Wildman–Crippen LogP) is 4.06. The topological polar surface area (TPSA) is 92.1 Å². The summed E-state index contributed by atoms with van der Waals surface area (Å²) in [5.41, 5.74) is 2.64. The van der Waals surface area contributed by atoms with E-state index in [0.717, 1.165) is 30.8 Å². The lowest BCUT2D eigenvalue weighted by Gasteiger charge is -2.34. The van der Waals surface area contributed by atoms with Crippen LogP contribution in [-0.4, -0.2) is 69.0 Å². The Morgan fingerprint density at radius 2 is 1.74 bits per heavy atom. The van der Waals surface area contributed by atoms with Crippen LogP contribution in [0.1, 0.15) is 21.5 Å². The van der Waals surface area contributed by atoms with Gasteiger partial charge in [0.15, 0.2) is 0 Å². The van der Waals surface area contributed by atoms with Crippen molar-refractivity contribution in [3.8, 4) is 16.9 Å². The molecule has 1 fully saturated rings. The highest BCUT2D eigenvalue weighted by molar-refractivity contribution is 6.05. The van der Waals surface area contributed by atoms with Gasteiger partial charge in [0.25, 0.3) is 5.91 Å². The molecule has 0 spiro atoms. The third kappa shape index (κ3) is 5.49. The van der Waals surface area contributed by atoms with Crippen LogP contribution in [0.2, 0.25) is 0 Å². The lowest BCUT2D eigenvalue weighted by Crippen LogP contribution is -2.44. The minimum absolute atomic E-state index is 0.0667. The quantitative estimate of drug-likeness (QED) is 0.423. The van der Waals surface area contributed by atoms with E-state index in [4.69, 9.17) is 0 Å². The zero-order chi connectivity index (χ0) is 26.9. The number of anilines is 2. The molecule has 0 saturated carbocycles. The van der Waals surface area contributed by atoms with Gasteiger partial charge in [-0.1, -0.05) is 11.3 Å². The number of alkyl halides is 3. The highest BCUT2D eigenvalue weighted by Crippen LogP contribution is 2.34. The number of carbonyl (C=O) groups is 1. The van der Waals surface area contributed by atoms with Gasteiger partial charge < -0.3 is 15.1 Å². The molecule has 1 saturated heterocycles.